The Balaban J connectivity index is 1.36. The van der Waals surface area contributed by atoms with Crippen LogP contribution in [0.4, 0.5) is 0 Å². The van der Waals surface area contributed by atoms with Crippen molar-refractivity contribution in [3.63, 3.8) is 0 Å². The van der Waals surface area contributed by atoms with Crippen LogP contribution in [0.5, 0.6) is 16.7 Å². The van der Waals surface area contributed by atoms with Gasteiger partial charge in [0, 0.05) is 0 Å². The van der Waals surface area contributed by atoms with Crippen molar-refractivity contribution in [2.75, 3.05) is 6.61 Å². The first-order valence-corrected chi connectivity index (χ1v) is 8.15. The predicted molar refractivity (Wildman–Crippen MR) is 89.4 cm³/mol. The van der Waals surface area contributed by atoms with Crippen molar-refractivity contribution in [3.8, 4) is 16.7 Å². The van der Waals surface area contributed by atoms with Crippen molar-refractivity contribution in [3.05, 3.63) is 54.9 Å². The Morgan fingerprint density at radius 1 is 1.00 bits per heavy atom. The summed E-state index contributed by atoms with van der Waals surface area (Å²) in [5.74, 6) is 1.49. The number of ether oxygens (including phenoxy) is 2. The lowest BCUT2D eigenvalue weighted by molar-refractivity contribution is 0.289. The minimum atomic E-state index is 0.489. The maximum absolute atomic E-state index is 5.80. The predicted octanol–water partition coefficient (Wildman–Crippen LogP) is 3.15. The fraction of sp³-hybridized carbons (Fsp3) is 0.125. The summed E-state index contributed by atoms with van der Waals surface area (Å²) in [7, 11) is 0. The van der Waals surface area contributed by atoms with E-state index in [4.69, 9.17) is 9.47 Å². The highest BCUT2D eigenvalue weighted by Crippen LogP contribution is 2.31. The van der Waals surface area contributed by atoms with Crippen LogP contribution in [0.2, 0.25) is 0 Å². The smallest absolute Gasteiger partial charge is 0.279 e. The number of para-hydroxylation sites is 1. The monoisotopic (exact) mass is 339 g/mol. The topological polar surface area (TPSA) is 75.0 Å². The maximum atomic E-state index is 5.80. The molecule has 0 spiro atoms. The van der Waals surface area contributed by atoms with Gasteiger partial charge in [-0.1, -0.05) is 23.5 Å². The number of aromatic nitrogens is 5. The van der Waals surface area contributed by atoms with Crippen LogP contribution in [0.3, 0.4) is 0 Å². The number of fused-ring (bicyclic) bond motifs is 1. The van der Waals surface area contributed by atoms with Crippen LogP contribution in [0.1, 0.15) is 0 Å². The highest BCUT2D eigenvalue weighted by molar-refractivity contribution is 7.20. The molecule has 24 heavy (non-hydrogen) atoms. The Kier molecular flexibility index (Phi) is 4.03. The average molecular weight is 339 g/mol. The Morgan fingerprint density at radius 3 is 2.62 bits per heavy atom. The summed E-state index contributed by atoms with van der Waals surface area (Å²) >= 11 is 1.52. The highest BCUT2D eigenvalue weighted by Gasteiger charge is 2.05. The van der Waals surface area contributed by atoms with Gasteiger partial charge in [0.25, 0.3) is 5.19 Å². The van der Waals surface area contributed by atoms with E-state index in [1.54, 1.807) is 11.0 Å². The van der Waals surface area contributed by atoms with E-state index in [9.17, 15) is 0 Å². The SMILES string of the molecule is c1ccc2sc(Oc3ccc(OCCn4cnnn4)cc3)nc2c1. The Bertz CT molecular complexity index is 888. The number of hydrogen-bond donors (Lipinski definition) is 0. The third kappa shape index (κ3) is 3.33. The van der Waals surface area contributed by atoms with E-state index in [-0.39, 0.29) is 0 Å². The maximum Gasteiger partial charge on any atom is 0.279 e. The molecule has 2 heterocycles. The molecule has 0 fully saturated rings. The average Bonchev–Trinajstić information content (AvgIpc) is 3.25. The van der Waals surface area contributed by atoms with Gasteiger partial charge in [0.15, 0.2) is 0 Å². The number of rotatable bonds is 6. The van der Waals surface area contributed by atoms with Crippen LogP contribution in [0, 0.1) is 0 Å². The van der Waals surface area contributed by atoms with Gasteiger partial charge in [0.1, 0.15) is 24.4 Å². The van der Waals surface area contributed by atoms with Gasteiger partial charge in [-0.15, -0.1) is 5.10 Å². The van der Waals surface area contributed by atoms with Crippen LogP contribution in [0.15, 0.2) is 54.9 Å². The minimum Gasteiger partial charge on any atom is -0.492 e. The molecule has 0 atom stereocenters. The van der Waals surface area contributed by atoms with Gasteiger partial charge in [-0.05, 0) is 46.8 Å². The summed E-state index contributed by atoms with van der Waals surface area (Å²) in [4.78, 5) is 4.45. The second-order valence-electron chi connectivity index (χ2n) is 4.94. The summed E-state index contributed by atoms with van der Waals surface area (Å²) < 4.78 is 14.2. The summed E-state index contributed by atoms with van der Waals surface area (Å²) in [5.41, 5.74) is 0.944. The Labute approximate surface area is 141 Å². The molecular formula is C16H13N5O2S. The largest absolute Gasteiger partial charge is 0.492 e. The highest BCUT2D eigenvalue weighted by atomic mass is 32.1. The van der Waals surface area contributed by atoms with Gasteiger partial charge < -0.3 is 9.47 Å². The van der Waals surface area contributed by atoms with Gasteiger partial charge in [-0.25, -0.2) is 9.67 Å². The molecule has 4 aromatic rings. The minimum absolute atomic E-state index is 0.489. The molecule has 8 heteroatoms. The molecule has 0 aliphatic carbocycles. The zero-order valence-corrected chi connectivity index (χ0v) is 13.4. The van der Waals surface area contributed by atoms with Crippen LogP contribution >= 0.6 is 11.3 Å². The van der Waals surface area contributed by atoms with E-state index in [1.807, 2.05) is 48.5 Å². The number of tetrazole rings is 1. The molecule has 120 valence electrons. The summed E-state index contributed by atoms with van der Waals surface area (Å²) in [6.07, 6.45) is 1.55. The summed E-state index contributed by atoms with van der Waals surface area (Å²) in [6.45, 7) is 1.08. The first-order valence-electron chi connectivity index (χ1n) is 7.34. The van der Waals surface area contributed by atoms with E-state index >= 15 is 0 Å². The summed E-state index contributed by atoms with van der Waals surface area (Å²) in [5, 5.41) is 11.5. The van der Waals surface area contributed by atoms with E-state index in [2.05, 4.69) is 20.5 Å². The quantitative estimate of drug-likeness (QED) is 0.537. The lowest BCUT2D eigenvalue weighted by Gasteiger charge is -2.06. The van der Waals surface area contributed by atoms with Crippen LogP contribution in [0.25, 0.3) is 10.2 Å². The second-order valence-corrected chi connectivity index (χ2v) is 5.94. The second kappa shape index (κ2) is 6.63. The van der Waals surface area contributed by atoms with E-state index in [0.29, 0.717) is 18.3 Å². The zero-order chi connectivity index (χ0) is 16.2. The van der Waals surface area contributed by atoms with Crippen LogP contribution < -0.4 is 9.47 Å². The molecule has 0 unspecified atom stereocenters. The lowest BCUT2D eigenvalue weighted by Crippen LogP contribution is -2.08. The van der Waals surface area contributed by atoms with Crippen molar-refractivity contribution < 1.29 is 9.47 Å². The molecule has 0 saturated carbocycles. The fourth-order valence-corrected chi connectivity index (χ4v) is 2.97. The van der Waals surface area contributed by atoms with Crippen LogP contribution in [-0.4, -0.2) is 31.8 Å². The van der Waals surface area contributed by atoms with Crippen LogP contribution in [-0.2, 0) is 6.54 Å². The molecule has 0 radical (unpaired) electrons. The summed E-state index contributed by atoms with van der Waals surface area (Å²) in [6, 6.07) is 15.4. The molecule has 0 saturated heterocycles. The molecule has 4 rings (SSSR count). The van der Waals surface area contributed by atoms with Crippen molar-refractivity contribution in [2.24, 2.45) is 0 Å². The first-order chi connectivity index (χ1) is 11.9. The number of thiazole rings is 1. The van der Waals surface area contributed by atoms with Gasteiger partial charge in [0.05, 0.1) is 16.8 Å². The van der Waals surface area contributed by atoms with Crippen molar-refractivity contribution >= 4 is 21.6 Å². The van der Waals surface area contributed by atoms with E-state index in [0.717, 1.165) is 21.7 Å². The standard InChI is InChI=1S/C16H13N5O2S/c1-2-4-15-14(3-1)18-16(24-15)23-13-7-5-12(6-8-13)22-10-9-21-11-17-19-20-21/h1-8,11H,9-10H2. The number of benzene rings is 2. The zero-order valence-electron chi connectivity index (χ0n) is 12.6. The van der Waals surface area contributed by atoms with Gasteiger partial charge in [-0.2, -0.15) is 0 Å². The number of hydrogen-bond acceptors (Lipinski definition) is 7. The molecule has 0 aliphatic rings. The Hall–Kier alpha value is -3.00. The molecule has 0 aliphatic heterocycles. The van der Waals surface area contributed by atoms with Gasteiger partial charge >= 0.3 is 0 Å². The molecule has 2 aromatic heterocycles. The molecule has 0 N–H and O–H groups in total. The van der Waals surface area contributed by atoms with E-state index < -0.39 is 0 Å². The van der Waals surface area contributed by atoms with Crippen molar-refractivity contribution in [1.82, 2.24) is 25.2 Å². The molecular weight excluding hydrogens is 326 g/mol. The van der Waals surface area contributed by atoms with Gasteiger partial charge in [0.2, 0.25) is 0 Å². The molecule has 2 aromatic carbocycles. The molecule has 0 amide bonds. The van der Waals surface area contributed by atoms with Gasteiger partial charge in [-0.3, -0.25) is 0 Å². The first kappa shape index (κ1) is 14.6. The molecule has 7 nitrogen and oxygen atoms in total. The Morgan fingerprint density at radius 2 is 1.83 bits per heavy atom. The lowest BCUT2D eigenvalue weighted by atomic mass is 10.3. The third-order valence-corrected chi connectivity index (χ3v) is 4.20. The van der Waals surface area contributed by atoms with Crippen molar-refractivity contribution in [2.45, 2.75) is 6.54 Å². The molecule has 0 bridgehead atoms. The van der Waals surface area contributed by atoms with E-state index in [1.165, 1.54) is 11.3 Å². The third-order valence-electron chi connectivity index (χ3n) is 3.28. The normalized spacial score (nSPS) is 10.8. The number of nitrogens with zero attached hydrogens (tertiary/aromatic N) is 5. The fourth-order valence-electron chi connectivity index (χ4n) is 2.14. The van der Waals surface area contributed by atoms with Crippen molar-refractivity contribution in [1.29, 1.82) is 0 Å².